The minimum atomic E-state index is -1.13. The second kappa shape index (κ2) is 17.3. The third-order valence-corrected chi connectivity index (χ3v) is 15.2. The van der Waals surface area contributed by atoms with Crippen LogP contribution in [0.25, 0.3) is 21.5 Å². The van der Waals surface area contributed by atoms with Crippen LogP contribution in [0.5, 0.6) is 0 Å². The van der Waals surface area contributed by atoms with E-state index in [2.05, 4.69) is 36.6 Å². The van der Waals surface area contributed by atoms with E-state index >= 15 is 0 Å². The number of anilines is 4. The summed E-state index contributed by atoms with van der Waals surface area (Å²) in [5.41, 5.74) is 4.46. The molecule has 8 nitrogen and oxygen atoms in total. The quantitative estimate of drug-likeness (QED) is 0.0860. The van der Waals surface area contributed by atoms with Crippen LogP contribution in [0, 0.1) is 0 Å². The summed E-state index contributed by atoms with van der Waals surface area (Å²) < 4.78 is 0. The molecule has 2 N–H and O–H groups in total. The van der Waals surface area contributed by atoms with Gasteiger partial charge in [-0.15, -0.1) is 12.2 Å². The van der Waals surface area contributed by atoms with E-state index in [0.29, 0.717) is 12.8 Å². The molecule has 4 aromatic carbocycles. The van der Waals surface area contributed by atoms with Gasteiger partial charge in [-0.1, -0.05) is 140 Å². The lowest BCUT2D eigenvalue weighted by atomic mass is 9.62. The predicted octanol–water partition coefficient (Wildman–Crippen LogP) is 10.9. The standard InChI is InChI=1S/C52H66N4O4/c1-3-5-7-9-11-13-15-17-31-51-33-29-43(57)55(51)41-23-19-21-35-37(25-27-39(53-51)45(35)41)47-49(59)48(50(47)60)38-26-28-40-46-36(38)22-20-24-42(46)56-44(58)30-34-52(56,54-40)32-18-16-14-12-10-8-6-4-2/h19-28,47-50,53-54H,3-18,29-34H2,1-2H3/q-2. The van der Waals surface area contributed by atoms with Crippen LogP contribution in [0.4, 0.5) is 22.7 Å². The maximum atomic E-state index is 14.6. The fourth-order valence-corrected chi connectivity index (χ4v) is 12.1. The van der Waals surface area contributed by atoms with E-state index in [4.69, 9.17) is 0 Å². The molecule has 4 heterocycles. The number of benzene rings is 4. The molecule has 0 spiro atoms. The van der Waals surface area contributed by atoms with Gasteiger partial charge in [-0.25, -0.2) is 0 Å². The summed E-state index contributed by atoms with van der Waals surface area (Å²) in [7, 11) is 0. The number of hydrogen-bond acceptors (Lipinski definition) is 6. The van der Waals surface area contributed by atoms with Crippen molar-refractivity contribution in [2.24, 2.45) is 0 Å². The van der Waals surface area contributed by atoms with E-state index < -0.39 is 35.4 Å². The number of unbranched alkanes of at least 4 members (excludes halogenated alkanes) is 14. The lowest BCUT2D eigenvalue weighted by Crippen LogP contribution is -2.63. The highest BCUT2D eigenvalue weighted by atomic mass is 16.3. The molecule has 0 radical (unpaired) electrons. The summed E-state index contributed by atoms with van der Waals surface area (Å²) in [5.74, 6) is -1.14. The fraction of sp³-hybridized carbons (Fsp3) is 0.577. The lowest BCUT2D eigenvalue weighted by molar-refractivity contribution is -0.535. The Morgan fingerprint density at radius 2 is 0.917 bits per heavy atom. The Labute approximate surface area is 357 Å². The van der Waals surface area contributed by atoms with Crippen LogP contribution in [0.1, 0.15) is 178 Å². The molecule has 4 aliphatic heterocycles. The molecule has 1 aliphatic carbocycles. The second-order valence-electron chi connectivity index (χ2n) is 19.0. The van der Waals surface area contributed by atoms with E-state index in [-0.39, 0.29) is 11.8 Å². The van der Waals surface area contributed by atoms with Gasteiger partial charge in [0, 0.05) is 35.0 Å². The number of nitrogens with zero attached hydrogens (tertiary/aromatic N) is 2. The Morgan fingerprint density at radius 3 is 1.32 bits per heavy atom. The number of carbonyl (C=O) groups excluding carboxylic acids is 2. The minimum absolute atomic E-state index is 0.135. The van der Waals surface area contributed by atoms with E-state index in [1.54, 1.807) is 0 Å². The van der Waals surface area contributed by atoms with Crippen molar-refractivity contribution in [2.75, 3.05) is 20.4 Å². The Bertz CT molecular complexity index is 2060. The maximum Gasteiger partial charge on any atom is 0.229 e. The smallest absolute Gasteiger partial charge is 0.229 e. The number of hydrogen-bond donors (Lipinski definition) is 2. The summed E-state index contributed by atoms with van der Waals surface area (Å²) in [6.07, 6.45) is 22.0. The number of nitrogens with one attached hydrogen (secondary N) is 2. The summed E-state index contributed by atoms with van der Waals surface area (Å²) in [4.78, 5) is 31.3. The summed E-state index contributed by atoms with van der Waals surface area (Å²) in [6.45, 7) is 4.51. The van der Waals surface area contributed by atoms with Crippen LogP contribution in [0.15, 0.2) is 60.7 Å². The molecule has 0 aromatic heterocycles. The first kappa shape index (κ1) is 41.2. The Hall–Kier alpha value is -4.14. The number of fused-ring (bicyclic) bond motifs is 4. The molecule has 3 fully saturated rings. The first-order valence-corrected chi connectivity index (χ1v) is 24.0. The molecule has 2 unspecified atom stereocenters. The molecule has 1 saturated carbocycles. The van der Waals surface area contributed by atoms with Crippen LogP contribution in [0.3, 0.4) is 0 Å². The van der Waals surface area contributed by atoms with Gasteiger partial charge in [0.25, 0.3) is 0 Å². The number of rotatable bonds is 20. The Morgan fingerprint density at radius 1 is 0.533 bits per heavy atom. The zero-order valence-electron chi connectivity index (χ0n) is 36.2. The normalized spacial score (nSPS) is 26.3. The maximum absolute atomic E-state index is 14.6. The van der Waals surface area contributed by atoms with Crippen molar-refractivity contribution < 1.29 is 19.8 Å². The zero-order chi connectivity index (χ0) is 41.4. The van der Waals surface area contributed by atoms with Gasteiger partial charge in [-0.05, 0) is 96.5 Å². The highest BCUT2D eigenvalue weighted by Crippen LogP contribution is 2.55. The van der Waals surface area contributed by atoms with Gasteiger partial charge >= 0.3 is 0 Å². The van der Waals surface area contributed by atoms with E-state index in [0.717, 1.165) is 93.9 Å². The van der Waals surface area contributed by atoms with Crippen molar-refractivity contribution in [2.45, 2.75) is 190 Å². The molecular weight excluding hydrogens is 745 g/mol. The molecule has 320 valence electrons. The van der Waals surface area contributed by atoms with E-state index in [9.17, 15) is 19.8 Å². The molecule has 8 heteroatoms. The molecule has 60 heavy (non-hydrogen) atoms. The molecule has 5 aliphatic rings. The van der Waals surface area contributed by atoms with Crippen LogP contribution in [0.2, 0.25) is 0 Å². The van der Waals surface area contributed by atoms with Gasteiger partial charge in [0.05, 0.1) is 11.4 Å². The Balaban J connectivity index is 0.936. The van der Waals surface area contributed by atoms with Gasteiger partial charge in [-0.3, -0.25) is 19.4 Å². The third-order valence-electron chi connectivity index (χ3n) is 15.2. The monoisotopic (exact) mass is 811 g/mol. The van der Waals surface area contributed by atoms with Crippen molar-refractivity contribution >= 4 is 56.1 Å². The zero-order valence-corrected chi connectivity index (χ0v) is 36.2. The molecular formula is C52H66N4O4-2. The van der Waals surface area contributed by atoms with Crippen LogP contribution >= 0.6 is 0 Å². The van der Waals surface area contributed by atoms with Crippen LogP contribution in [-0.2, 0) is 9.59 Å². The highest BCUT2D eigenvalue weighted by molar-refractivity contribution is 6.15. The summed E-state index contributed by atoms with van der Waals surface area (Å²) in [6, 6.07) is 20.3. The van der Waals surface area contributed by atoms with Gasteiger partial charge in [0.2, 0.25) is 11.8 Å². The third kappa shape index (κ3) is 7.07. The molecule has 2 amide bonds. The van der Waals surface area contributed by atoms with Gasteiger partial charge in [-0.2, -0.15) is 0 Å². The van der Waals surface area contributed by atoms with Crippen LogP contribution < -0.4 is 30.6 Å². The van der Waals surface area contributed by atoms with Gasteiger partial charge in [0.1, 0.15) is 11.3 Å². The minimum Gasteiger partial charge on any atom is -0.851 e. The van der Waals surface area contributed by atoms with Gasteiger partial charge < -0.3 is 20.8 Å². The van der Waals surface area contributed by atoms with Gasteiger partial charge in [0.15, 0.2) is 0 Å². The molecule has 4 aromatic rings. The summed E-state index contributed by atoms with van der Waals surface area (Å²) in [5, 5.41) is 40.5. The van der Waals surface area contributed by atoms with Crippen molar-refractivity contribution in [1.29, 1.82) is 0 Å². The average molecular weight is 811 g/mol. The van der Waals surface area contributed by atoms with Crippen molar-refractivity contribution in [3.63, 3.8) is 0 Å². The SMILES string of the molecule is CCCCCCCCCCC12CCC(=O)N1c1cccc3c(C4C([O-])C(c5ccc6c7c(cccc57)N5C(=O)CCC5(CCCCCCCCCC)N6)C4[O-])ccc(c13)N2. The molecule has 2 atom stereocenters. The number of carbonyl (C=O) groups is 2. The molecule has 9 rings (SSSR count). The van der Waals surface area contributed by atoms with Crippen molar-refractivity contribution in [1.82, 2.24) is 0 Å². The average Bonchev–Trinajstić information content (AvgIpc) is 3.77. The topological polar surface area (TPSA) is 111 Å². The van der Waals surface area contributed by atoms with Crippen molar-refractivity contribution in [3.05, 3.63) is 71.8 Å². The first-order chi connectivity index (χ1) is 29.3. The molecule has 0 bridgehead atoms. The number of amides is 2. The Kier molecular flexibility index (Phi) is 11.9. The largest absolute Gasteiger partial charge is 0.851 e. The second-order valence-corrected chi connectivity index (χ2v) is 19.0. The predicted molar refractivity (Wildman–Crippen MR) is 242 cm³/mol. The summed E-state index contributed by atoms with van der Waals surface area (Å²) >= 11 is 0. The van der Waals surface area contributed by atoms with Crippen molar-refractivity contribution in [3.8, 4) is 0 Å². The lowest BCUT2D eigenvalue weighted by Gasteiger charge is -2.62. The first-order valence-electron chi connectivity index (χ1n) is 24.0. The van der Waals surface area contributed by atoms with E-state index in [1.165, 1.54) is 89.9 Å². The highest BCUT2D eigenvalue weighted by Gasteiger charge is 2.51. The van der Waals surface area contributed by atoms with Crippen LogP contribution in [-0.4, -0.2) is 35.3 Å². The van der Waals surface area contributed by atoms with E-state index in [1.807, 2.05) is 58.3 Å². The molecule has 2 saturated heterocycles. The fourth-order valence-electron chi connectivity index (χ4n) is 12.1.